The molecule has 2 heterocycles. The molecule has 0 fully saturated rings. The van der Waals surface area contributed by atoms with Crippen molar-refractivity contribution in [2.24, 2.45) is 11.0 Å². The van der Waals surface area contributed by atoms with Crippen LogP contribution in [0.4, 0.5) is 11.4 Å². The highest BCUT2D eigenvalue weighted by atomic mass is 32.2. The molecule has 0 saturated heterocycles. The third-order valence-corrected chi connectivity index (χ3v) is 5.52. The van der Waals surface area contributed by atoms with Crippen molar-refractivity contribution in [1.82, 2.24) is 0 Å². The number of nitrogens with one attached hydrogen (secondary N) is 1. The summed E-state index contributed by atoms with van der Waals surface area (Å²) < 4.78 is 0. The topological polar surface area (TPSA) is 61.8 Å². The van der Waals surface area contributed by atoms with Gasteiger partial charge in [0.25, 0.3) is 0 Å². The van der Waals surface area contributed by atoms with E-state index < -0.39 is 0 Å². The highest BCUT2D eigenvalue weighted by Crippen LogP contribution is 2.37. The predicted molar refractivity (Wildman–Crippen MR) is 100 cm³/mol. The first-order valence-corrected chi connectivity index (χ1v) is 9.11. The van der Waals surface area contributed by atoms with E-state index in [1.54, 1.807) is 36.0 Å². The Balaban J connectivity index is 1.69. The van der Waals surface area contributed by atoms with E-state index in [1.165, 1.54) is 16.8 Å². The molecule has 5 nitrogen and oxygen atoms in total. The predicted octanol–water partition coefficient (Wildman–Crippen LogP) is 3.51. The first-order valence-electron chi connectivity index (χ1n) is 8.13. The van der Waals surface area contributed by atoms with Crippen LogP contribution in [0.25, 0.3) is 0 Å². The molecule has 4 rings (SSSR count). The van der Waals surface area contributed by atoms with E-state index >= 15 is 0 Å². The van der Waals surface area contributed by atoms with Gasteiger partial charge in [0.2, 0.25) is 11.8 Å². The minimum absolute atomic E-state index is 0.000934. The third kappa shape index (κ3) is 3.05. The van der Waals surface area contributed by atoms with Crippen molar-refractivity contribution in [3.05, 3.63) is 54.1 Å². The minimum Gasteiger partial charge on any atom is -0.326 e. The van der Waals surface area contributed by atoms with Crippen LogP contribution in [0.5, 0.6) is 0 Å². The Morgan fingerprint density at radius 1 is 1.20 bits per heavy atom. The van der Waals surface area contributed by atoms with E-state index in [-0.39, 0.29) is 17.7 Å². The van der Waals surface area contributed by atoms with Gasteiger partial charge in [0.15, 0.2) is 0 Å². The summed E-state index contributed by atoms with van der Waals surface area (Å²) in [5.41, 5.74) is 3.52. The molecule has 0 saturated carbocycles. The van der Waals surface area contributed by atoms with E-state index in [9.17, 15) is 9.59 Å². The molecule has 2 aromatic carbocycles. The molecule has 2 amide bonds. The molecule has 126 valence electrons. The molecule has 1 unspecified atom stereocenters. The fourth-order valence-corrected chi connectivity index (χ4v) is 4.30. The van der Waals surface area contributed by atoms with Crippen molar-refractivity contribution in [2.75, 3.05) is 16.1 Å². The number of thioether (sulfide) groups is 1. The molecule has 0 spiro atoms. The number of hydrazone groups is 1. The number of nitrogens with zero attached hydrogens (tertiary/aromatic N) is 2. The zero-order chi connectivity index (χ0) is 17.4. The number of hydrogen-bond acceptors (Lipinski definition) is 4. The smallest absolute Gasteiger partial charge is 0.248 e. The number of carbonyl (C=O) groups is 2. The van der Waals surface area contributed by atoms with Gasteiger partial charge in [-0.1, -0.05) is 18.2 Å². The van der Waals surface area contributed by atoms with Crippen molar-refractivity contribution in [2.45, 2.75) is 18.2 Å². The number of hydrogen-bond donors (Lipinski definition) is 1. The summed E-state index contributed by atoms with van der Waals surface area (Å²) in [5, 5.41) is 8.89. The molecule has 2 aliphatic rings. The Morgan fingerprint density at radius 2 is 1.96 bits per heavy atom. The van der Waals surface area contributed by atoms with Crippen LogP contribution in [0.15, 0.2) is 58.5 Å². The van der Waals surface area contributed by atoms with Crippen LogP contribution in [0.3, 0.4) is 0 Å². The molecule has 0 radical (unpaired) electrons. The molecule has 2 aliphatic heterocycles. The number of benzene rings is 2. The van der Waals surface area contributed by atoms with Crippen LogP contribution in [-0.4, -0.2) is 23.3 Å². The quantitative estimate of drug-likeness (QED) is 0.901. The van der Waals surface area contributed by atoms with Crippen molar-refractivity contribution >= 4 is 40.7 Å². The van der Waals surface area contributed by atoms with E-state index in [2.05, 4.69) is 22.6 Å². The Hall–Kier alpha value is -2.60. The van der Waals surface area contributed by atoms with Crippen LogP contribution in [0.1, 0.15) is 18.9 Å². The standard InChI is InChI=1S/C19H17N3O2S/c1-12(23)20-14-6-8-15(9-7-14)22-18(24)10-13-11-25-17-5-3-2-4-16(17)19(13)21-22/h2-9,13H,10-11H2,1H3,(H,20,23). The van der Waals surface area contributed by atoms with Crippen LogP contribution < -0.4 is 10.3 Å². The minimum atomic E-state index is -0.124. The van der Waals surface area contributed by atoms with Crippen molar-refractivity contribution in [3.63, 3.8) is 0 Å². The lowest BCUT2D eigenvalue weighted by molar-refractivity contribution is -0.119. The maximum atomic E-state index is 12.6. The molecular weight excluding hydrogens is 334 g/mol. The van der Waals surface area contributed by atoms with Gasteiger partial charge in [-0.2, -0.15) is 5.10 Å². The zero-order valence-corrected chi connectivity index (χ0v) is 14.5. The van der Waals surface area contributed by atoms with Gasteiger partial charge in [-0.25, -0.2) is 5.01 Å². The molecule has 1 atom stereocenters. The number of rotatable bonds is 2. The second kappa shape index (κ2) is 6.37. The Morgan fingerprint density at radius 3 is 2.72 bits per heavy atom. The lowest BCUT2D eigenvalue weighted by Gasteiger charge is -2.33. The zero-order valence-electron chi connectivity index (χ0n) is 13.7. The van der Waals surface area contributed by atoms with Gasteiger partial charge in [0.1, 0.15) is 0 Å². The highest BCUT2D eigenvalue weighted by molar-refractivity contribution is 7.99. The second-order valence-corrected chi connectivity index (χ2v) is 7.19. The van der Waals surface area contributed by atoms with Gasteiger partial charge in [-0.05, 0) is 30.3 Å². The van der Waals surface area contributed by atoms with Gasteiger partial charge < -0.3 is 5.32 Å². The Labute approximate surface area is 150 Å². The number of fused-ring (bicyclic) bond motifs is 3. The Kier molecular flexibility index (Phi) is 4.05. The van der Waals surface area contributed by atoms with Crippen LogP contribution >= 0.6 is 11.8 Å². The summed E-state index contributed by atoms with van der Waals surface area (Å²) in [5.74, 6) is 0.932. The fraction of sp³-hybridized carbons (Fsp3) is 0.211. The van der Waals surface area contributed by atoms with E-state index in [0.717, 1.165) is 17.0 Å². The molecular formula is C19H17N3O2S. The molecule has 0 aromatic heterocycles. The first kappa shape index (κ1) is 15.9. The largest absolute Gasteiger partial charge is 0.326 e. The average Bonchev–Trinajstić information content (AvgIpc) is 2.61. The molecule has 1 N–H and O–H groups in total. The summed E-state index contributed by atoms with van der Waals surface area (Å²) in [6.45, 7) is 1.46. The molecule has 2 aromatic rings. The van der Waals surface area contributed by atoms with E-state index in [4.69, 9.17) is 0 Å². The maximum Gasteiger partial charge on any atom is 0.248 e. The van der Waals surface area contributed by atoms with Gasteiger partial charge in [-0.3, -0.25) is 9.59 Å². The number of anilines is 2. The fourth-order valence-electron chi connectivity index (χ4n) is 3.14. The molecule has 0 aliphatic carbocycles. The summed E-state index contributed by atoms with van der Waals surface area (Å²) in [6.07, 6.45) is 0.466. The van der Waals surface area contributed by atoms with Crippen molar-refractivity contribution in [3.8, 4) is 0 Å². The van der Waals surface area contributed by atoms with Gasteiger partial charge in [0, 0.05) is 41.2 Å². The molecule has 25 heavy (non-hydrogen) atoms. The van der Waals surface area contributed by atoms with Gasteiger partial charge in [0.05, 0.1) is 11.4 Å². The lowest BCUT2D eigenvalue weighted by atomic mass is 9.93. The normalized spacial score (nSPS) is 18.9. The van der Waals surface area contributed by atoms with Crippen molar-refractivity contribution < 1.29 is 9.59 Å². The maximum absolute atomic E-state index is 12.6. The van der Waals surface area contributed by atoms with Gasteiger partial charge in [-0.15, -0.1) is 11.8 Å². The molecule has 0 bridgehead atoms. The van der Waals surface area contributed by atoms with Crippen LogP contribution in [0, 0.1) is 5.92 Å². The Bertz CT molecular complexity index is 876. The summed E-state index contributed by atoms with van der Waals surface area (Å²) in [7, 11) is 0. The highest BCUT2D eigenvalue weighted by Gasteiger charge is 2.34. The number of carbonyl (C=O) groups excluding carboxylic acids is 2. The monoisotopic (exact) mass is 351 g/mol. The molecule has 6 heteroatoms. The summed E-state index contributed by atoms with van der Waals surface area (Å²) in [6, 6.07) is 15.4. The summed E-state index contributed by atoms with van der Waals surface area (Å²) >= 11 is 1.79. The summed E-state index contributed by atoms with van der Waals surface area (Å²) in [4.78, 5) is 24.9. The number of amides is 2. The van der Waals surface area contributed by atoms with Crippen LogP contribution in [-0.2, 0) is 9.59 Å². The van der Waals surface area contributed by atoms with Crippen molar-refractivity contribution in [1.29, 1.82) is 0 Å². The van der Waals surface area contributed by atoms with E-state index in [0.29, 0.717) is 17.8 Å². The first-order chi connectivity index (χ1) is 12.1. The average molecular weight is 351 g/mol. The third-order valence-electron chi connectivity index (χ3n) is 4.29. The second-order valence-electron chi connectivity index (χ2n) is 6.13. The lowest BCUT2D eigenvalue weighted by Crippen LogP contribution is -2.39. The SMILES string of the molecule is CC(=O)Nc1ccc(N2N=C3c4ccccc4SCC3CC2=O)cc1. The van der Waals surface area contributed by atoms with E-state index in [1.807, 2.05) is 12.1 Å². The van der Waals surface area contributed by atoms with Gasteiger partial charge >= 0.3 is 0 Å². The van der Waals surface area contributed by atoms with Crippen LogP contribution in [0.2, 0.25) is 0 Å².